The Morgan fingerprint density at radius 1 is 1.14 bits per heavy atom. The molecule has 2 rings (SSSR count). The summed E-state index contributed by atoms with van der Waals surface area (Å²) in [6.07, 6.45) is 15.2. The van der Waals surface area contributed by atoms with E-state index in [1.54, 1.807) is 0 Å². The van der Waals surface area contributed by atoms with Gasteiger partial charge >= 0.3 is 0 Å². The number of hydrogen-bond donors (Lipinski definition) is 1. The van der Waals surface area contributed by atoms with E-state index in [0.29, 0.717) is 0 Å². The minimum Gasteiger partial charge on any atom is -0.411 e. The average molecular weight is 305 g/mol. The van der Waals surface area contributed by atoms with Gasteiger partial charge in [0.25, 0.3) is 0 Å². The van der Waals surface area contributed by atoms with Gasteiger partial charge in [0.05, 0.1) is 17.4 Å². The molecule has 4 heteroatoms. The lowest BCUT2D eigenvalue weighted by atomic mass is 9.96. The summed E-state index contributed by atoms with van der Waals surface area (Å²) in [7, 11) is 0. The highest BCUT2D eigenvalue weighted by molar-refractivity contribution is 5.87. The highest BCUT2D eigenvalue weighted by Crippen LogP contribution is 2.25. The van der Waals surface area contributed by atoms with Crippen LogP contribution < -0.4 is 0 Å². The summed E-state index contributed by atoms with van der Waals surface area (Å²) in [5, 5.41) is 13.2. The molecule has 124 valence electrons. The van der Waals surface area contributed by atoms with Crippen molar-refractivity contribution in [3.8, 4) is 0 Å². The topological polar surface area (TPSA) is 50.4 Å². The SMILES string of the molecule is CCc1nc(C)cn1[C@@H]1CCCCCCCCCC/C1=N\O. The van der Waals surface area contributed by atoms with Crippen molar-refractivity contribution in [1.29, 1.82) is 0 Å². The number of hydrogen-bond acceptors (Lipinski definition) is 3. The monoisotopic (exact) mass is 305 g/mol. The lowest BCUT2D eigenvalue weighted by Gasteiger charge is -2.22. The molecule has 1 aliphatic carbocycles. The predicted molar refractivity (Wildman–Crippen MR) is 90.8 cm³/mol. The van der Waals surface area contributed by atoms with Gasteiger partial charge in [-0.15, -0.1) is 0 Å². The van der Waals surface area contributed by atoms with Gasteiger partial charge in [-0.3, -0.25) is 0 Å². The first kappa shape index (κ1) is 17.0. The van der Waals surface area contributed by atoms with Gasteiger partial charge in [0.15, 0.2) is 0 Å². The van der Waals surface area contributed by atoms with E-state index < -0.39 is 0 Å². The third kappa shape index (κ3) is 4.59. The number of aryl methyl sites for hydroxylation is 2. The first-order valence-corrected chi connectivity index (χ1v) is 9.01. The van der Waals surface area contributed by atoms with Gasteiger partial charge in [-0.05, 0) is 26.2 Å². The third-order valence-corrected chi connectivity index (χ3v) is 4.75. The Morgan fingerprint density at radius 3 is 2.41 bits per heavy atom. The highest BCUT2D eigenvalue weighted by atomic mass is 16.4. The van der Waals surface area contributed by atoms with E-state index in [-0.39, 0.29) is 6.04 Å². The second-order valence-electron chi connectivity index (χ2n) is 6.53. The first-order valence-electron chi connectivity index (χ1n) is 9.01. The number of imidazole rings is 1. The van der Waals surface area contributed by atoms with E-state index >= 15 is 0 Å². The molecule has 0 saturated heterocycles. The van der Waals surface area contributed by atoms with Crippen LogP contribution in [0.3, 0.4) is 0 Å². The maximum Gasteiger partial charge on any atom is 0.109 e. The molecule has 0 spiro atoms. The normalized spacial score (nSPS) is 23.9. The van der Waals surface area contributed by atoms with E-state index in [0.717, 1.165) is 42.9 Å². The van der Waals surface area contributed by atoms with Crippen molar-refractivity contribution in [1.82, 2.24) is 9.55 Å². The second-order valence-corrected chi connectivity index (χ2v) is 6.53. The molecular formula is C18H31N3O. The Kier molecular flexibility index (Phi) is 6.94. The van der Waals surface area contributed by atoms with Gasteiger partial charge in [0, 0.05) is 12.6 Å². The van der Waals surface area contributed by atoms with Crippen molar-refractivity contribution in [3.05, 3.63) is 17.7 Å². The molecule has 1 aromatic heterocycles. The molecule has 1 saturated carbocycles. The van der Waals surface area contributed by atoms with Crippen LogP contribution in [0.4, 0.5) is 0 Å². The fourth-order valence-electron chi connectivity index (χ4n) is 3.55. The van der Waals surface area contributed by atoms with Crippen LogP contribution in [0.5, 0.6) is 0 Å². The van der Waals surface area contributed by atoms with E-state index in [2.05, 4.69) is 27.8 Å². The van der Waals surface area contributed by atoms with Crippen LogP contribution in [-0.2, 0) is 6.42 Å². The zero-order valence-electron chi connectivity index (χ0n) is 14.2. The molecule has 0 aliphatic heterocycles. The van der Waals surface area contributed by atoms with Gasteiger partial charge in [0.2, 0.25) is 0 Å². The van der Waals surface area contributed by atoms with Gasteiger partial charge in [-0.2, -0.15) is 0 Å². The van der Waals surface area contributed by atoms with E-state index in [4.69, 9.17) is 0 Å². The molecule has 1 fully saturated rings. The summed E-state index contributed by atoms with van der Waals surface area (Å²) in [6.45, 7) is 4.18. The van der Waals surface area contributed by atoms with Crippen molar-refractivity contribution < 1.29 is 5.21 Å². The molecule has 0 aromatic carbocycles. The van der Waals surface area contributed by atoms with Crippen LogP contribution in [0.2, 0.25) is 0 Å². The zero-order chi connectivity index (χ0) is 15.8. The van der Waals surface area contributed by atoms with Crippen LogP contribution >= 0.6 is 0 Å². The van der Waals surface area contributed by atoms with Gasteiger partial charge in [0.1, 0.15) is 5.82 Å². The molecule has 22 heavy (non-hydrogen) atoms. The lowest BCUT2D eigenvalue weighted by Crippen LogP contribution is -2.21. The van der Waals surface area contributed by atoms with Crippen molar-refractivity contribution in [2.45, 2.75) is 90.5 Å². The lowest BCUT2D eigenvalue weighted by molar-refractivity contribution is 0.310. The molecule has 1 atom stereocenters. The van der Waals surface area contributed by atoms with Crippen molar-refractivity contribution in [2.75, 3.05) is 0 Å². The minimum atomic E-state index is 0.181. The number of rotatable bonds is 2. The largest absolute Gasteiger partial charge is 0.411 e. The second kappa shape index (κ2) is 8.96. The first-order chi connectivity index (χ1) is 10.8. The minimum absolute atomic E-state index is 0.181. The molecule has 1 aliphatic rings. The molecule has 0 amide bonds. The average Bonchev–Trinajstić information content (AvgIpc) is 2.88. The summed E-state index contributed by atoms with van der Waals surface area (Å²) in [5.41, 5.74) is 1.99. The fourth-order valence-corrected chi connectivity index (χ4v) is 3.55. The number of aromatic nitrogens is 2. The number of nitrogens with zero attached hydrogens (tertiary/aromatic N) is 3. The zero-order valence-corrected chi connectivity index (χ0v) is 14.2. The molecule has 1 heterocycles. The Hall–Kier alpha value is -1.32. The van der Waals surface area contributed by atoms with Crippen LogP contribution in [0.25, 0.3) is 0 Å². The van der Waals surface area contributed by atoms with E-state index in [1.807, 2.05) is 6.92 Å². The summed E-state index contributed by atoms with van der Waals surface area (Å²) in [4.78, 5) is 4.63. The van der Waals surface area contributed by atoms with Crippen LogP contribution in [0.1, 0.15) is 88.7 Å². The van der Waals surface area contributed by atoms with Crippen LogP contribution in [0.15, 0.2) is 11.4 Å². The molecular weight excluding hydrogens is 274 g/mol. The molecule has 0 unspecified atom stereocenters. The Balaban J connectivity index is 2.20. The van der Waals surface area contributed by atoms with Crippen LogP contribution in [0, 0.1) is 6.92 Å². The standard InChI is InChI=1S/C18H31N3O/c1-3-18-19-15(2)14-21(18)17-13-11-9-7-5-4-6-8-10-12-16(17)20-22/h14,17,22H,3-13H2,1-2H3/b20-16+/t17-/m1/s1. The summed E-state index contributed by atoms with van der Waals surface area (Å²) < 4.78 is 2.26. The van der Waals surface area contributed by atoms with E-state index in [9.17, 15) is 5.21 Å². The smallest absolute Gasteiger partial charge is 0.109 e. The van der Waals surface area contributed by atoms with E-state index in [1.165, 1.54) is 44.9 Å². The van der Waals surface area contributed by atoms with Crippen LogP contribution in [-0.4, -0.2) is 20.5 Å². The Morgan fingerprint density at radius 2 is 1.77 bits per heavy atom. The maximum atomic E-state index is 9.55. The molecule has 1 N–H and O–H groups in total. The Labute approximate surface area is 134 Å². The van der Waals surface area contributed by atoms with Gasteiger partial charge in [-0.1, -0.05) is 57.0 Å². The quantitative estimate of drug-likeness (QED) is 0.614. The molecule has 4 nitrogen and oxygen atoms in total. The summed E-state index contributed by atoms with van der Waals surface area (Å²) >= 11 is 0. The summed E-state index contributed by atoms with van der Waals surface area (Å²) in [6, 6.07) is 0.181. The molecule has 1 aromatic rings. The maximum absolute atomic E-state index is 9.55. The van der Waals surface area contributed by atoms with Crippen molar-refractivity contribution in [2.24, 2.45) is 5.16 Å². The fraction of sp³-hybridized carbons (Fsp3) is 0.778. The molecule has 0 radical (unpaired) electrons. The van der Waals surface area contributed by atoms with Crippen molar-refractivity contribution in [3.63, 3.8) is 0 Å². The van der Waals surface area contributed by atoms with Gasteiger partial charge < -0.3 is 9.77 Å². The number of oxime groups is 1. The summed E-state index contributed by atoms with van der Waals surface area (Å²) in [5.74, 6) is 1.11. The van der Waals surface area contributed by atoms with Crippen molar-refractivity contribution >= 4 is 5.71 Å². The third-order valence-electron chi connectivity index (χ3n) is 4.75. The molecule has 0 bridgehead atoms. The highest BCUT2D eigenvalue weighted by Gasteiger charge is 2.21. The van der Waals surface area contributed by atoms with Gasteiger partial charge in [-0.25, -0.2) is 4.98 Å². The Bertz CT molecular complexity index is 479. The predicted octanol–water partition coefficient (Wildman–Crippen LogP) is 5.04.